The van der Waals surface area contributed by atoms with Crippen molar-refractivity contribution in [1.29, 1.82) is 0 Å². The summed E-state index contributed by atoms with van der Waals surface area (Å²) >= 11 is 0. The molecule has 3 aliphatic heterocycles. The van der Waals surface area contributed by atoms with Gasteiger partial charge >= 0.3 is 12.4 Å². The Morgan fingerprint density at radius 1 is 0.824 bits per heavy atom. The number of rotatable bonds is 7. The van der Waals surface area contributed by atoms with E-state index < -0.39 is 23.5 Å². The summed E-state index contributed by atoms with van der Waals surface area (Å²) in [5.74, 6) is 1.40. The largest absolute Gasteiger partial charge is 0.416 e. The Bertz CT molecular complexity index is 876. The number of benzene rings is 2. The van der Waals surface area contributed by atoms with Crippen LogP contribution in [0.25, 0.3) is 0 Å². The van der Waals surface area contributed by atoms with Gasteiger partial charge in [0.2, 0.25) is 0 Å². The first-order chi connectivity index (χ1) is 16.0. The van der Waals surface area contributed by atoms with Crippen molar-refractivity contribution in [3.8, 4) is 0 Å². The molecule has 3 fully saturated rings. The van der Waals surface area contributed by atoms with Gasteiger partial charge in [-0.3, -0.25) is 9.80 Å². The van der Waals surface area contributed by atoms with Crippen LogP contribution in [0.5, 0.6) is 0 Å². The highest BCUT2D eigenvalue weighted by Gasteiger charge is 2.39. The van der Waals surface area contributed by atoms with Gasteiger partial charge in [0.25, 0.3) is 0 Å². The Balaban J connectivity index is 1.50. The molecule has 186 valence electrons. The van der Waals surface area contributed by atoms with Crippen molar-refractivity contribution in [2.24, 2.45) is 11.8 Å². The van der Waals surface area contributed by atoms with Crippen molar-refractivity contribution >= 4 is 0 Å². The molecule has 0 saturated carbocycles. The quantitative estimate of drug-likeness (QED) is 0.397. The lowest BCUT2D eigenvalue weighted by Crippen LogP contribution is -2.56. The van der Waals surface area contributed by atoms with E-state index in [1.165, 1.54) is 30.7 Å². The Labute approximate surface area is 196 Å². The standard InChI is InChI=1S/C26H30F6N2/c1-2-20-16-34-12-11-21(20)13-24(34)17-33(14-18-3-7-22(8-4-18)25(27,28)29)15-19-5-9-23(10-6-19)26(30,31)32/h3-10,20-21,24H,2,11-17H2,1H3/t20-,21+,24-/m1/s1. The molecule has 0 spiro atoms. The van der Waals surface area contributed by atoms with E-state index in [1.807, 2.05) is 0 Å². The summed E-state index contributed by atoms with van der Waals surface area (Å²) in [5.41, 5.74) is 0.128. The molecule has 0 aromatic heterocycles. The van der Waals surface area contributed by atoms with Crippen LogP contribution >= 0.6 is 0 Å². The normalized spacial score (nSPS) is 25.2. The Hall–Kier alpha value is -2.06. The Morgan fingerprint density at radius 3 is 1.71 bits per heavy atom. The lowest BCUT2D eigenvalue weighted by Gasteiger charge is -2.51. The zero-order chi connectivity index (χ0) is 24.5. The van der Waals surface area contributed by atoms with Gasteiger partial charge in [-0.2, -0.15) is 26.3 Å². The molecule has 3 aliphatic rings. The van der Waals surface area contributed by atoms with Gasteiger partial charge < -0.3 is 0 Å². The first kappa shape index (κ1) is 25.0. The number of nitrogens with zero attached hydrogens (tertiary/aromatic N) is 2. The minimum atomic E-state index is -4.39. The summed E-state index contributed by atoms with van der Waals surface area (Å²) in [4.78, 5) is 4.66. The Kier molecular flexibility index (Phi) is 7.29. The van der Waals surface area contributed by atoms with Crippen molar-refractivity contribution in [2.45, 2.75) is 57.7 Å². The fourth-order valence-corrected chi connectivity index (χ4v) is 5.50. The fourth-order valence-electron chi connectivity index (χ4n) is 5.50. The van der Waals surface area contributed by atoms with Gasteiger partial charge in [0.15, 0.2) is 0 Å². The average molecular weight is 485 g/mol. The van der Waals surface area contributed by atoms with E-state index in [1.54, 1.807) is 0 Å². The number of hydrogen-bond donors (Lipinski definition) is 0. The van der Waals surface area contributed by atoms with Crippen molar-refractivity contribution in [1.82, 2.24) is 9.80 Å². The number of hydrogen-bond acceptors (Lipinski definition) is 2. The molecule has 2 bridgehead atoms. The second-order valence-electron chi connectivity index (χ2n) is 9.66. The van der Waals surface area contributed by atoms with Crippen LogP contribution in [0.2, 0.25) is 0 Å². The first-order valence-electron chi connectivity index (χ1n) is 11.8. The number of fused-ring (bicyclic) bond motifs is 3. The summed E-state index contributed by atoms with van der Waals surface area (Å²) in [6.45, 7) is 5.95. The molecule has 0 aliphatic carbocycles. The van der Waals surface area contributed by atoms with Crippen molar-refractivity contribution in [2.75, 3.05) is 19.6 Å². The Morgan fingerprint density at radius 2 is 1.32 bits per heavy atom. The summed E-state index contributed by atoms with van der Waals surface area (Å²) in [6.07, 6.45) is -5.32. The zero-order valence-corrected chi connectivity index (χ0v) is 19.2. The number of halogens is 6. The van der Waals surface area contributed by atoms with Crippen LogP contribution in [0, 0.1) is 11.8 Å². The average Bonchev–Trinajstić information content (AvgIpc) is 2.79. The predicted molar refractivity (Wildman–Crippen MR) is 119 cm³/mol. The molecular weight excluding hydrogens is 454 g/mol. The molecule has 0 radical (unpaired) electrons. The van der Waals surface area contributed by atoms with Gasteiger partial charge in [0.1, 0.15) is 0 Å². The number of alkyl halides is 6. The smallest absolute Gasteiger partial charge is 0.299 e. The third-order valence-electron chi connectivity index (χ3n) is 7.38. The van der Waals surface area contributed by atoms with Crippen molar-refractivity contribution in [3.63, 3.8) is 0 Å². The van der Waals surface area contributed by atoms with Gasteiger partial charge in [-0.25, -0.2) is 0 Å². The molecule has 34 heavy (non-hydrogen) atoms. The molecule has 4 atom stereocenters. The molecule has 0 amide bonds. The van der Waals surface area contributed by atoms with Crippen molar-refractivity contribution in [3.05, 3.63) is 70.8 Å². The molecule has 2 nitrogen and oxygen atoms in total. The highest BCUT2D eigenvalue weighted by molar-refractivity contribution is 5.26. The highest BCUT2D eigenvalue weighted by Crippen LogP contribution is 2.38. The van der Waals surface area contributed by atoms with Crippen LogP contribution in [-0.2, 0) is 25.4 Å². The van der Waals surface area contributed by atoms with Gasteiger partial charge in [-0.1, -0.05) is 37.6 Å². The SMILES string of the molecule is CC[C@@H]1CN2CC[C@H]1C[C@@H]2CN(Cc1ccc(C(F)(F)F)cc1)Cc1ccc(C(F)(F)F)cc1. The molecule has 5 rings (SSSR count). The van der Waals surface area contributed by atoms with E-state index in [0.717, 1.165) is 67.9 Å². The van der Waals surface area contributed by atoms with Crippen LogP contribution in [0.4, 0.5) is 26.3 Å². The van der Waals surface area contributed by atoms with E-state index >= 15 is 0 Å². The molecule has 3 saturated heterocycles. The molecule has 2 aromatic carbocycles. The summed E-state index contributed by atoms with van der Waals surface area (Å²) in [5, 5.41) is 0. The molecule has 8 heteroatoms. The number of piperidine rings is 3. The topological polar surface area (TPSA) is 6.48 Å². The lowest BCUT2D eigenvalue weighted by atomic mass is 9.74. The fraction of sp³-hybridized carbons (Fsp3) is 0.538. The monoisotopic (exact) mass is 484 g/mol. The third-order valence-corrected chi connectivity index (χ3v) is 7.38. The van der Waals surface area contributed by atoms with Crippen molar-refractivity contribution < 1.29 is 26.3 Å². The first-order valence-corrected chi connectivity index (χ1v) is 11.8. The summed E-state index contributed by atoms with van der Waals surface area (Å²) in [6, 6.07) is 10.7. The van der Waals surface area contributed by atoms with Crippen LogP contribution in [0.1, 0.15) is 48.4 Å². The predicted octanol–water partition coefficient (Wildman–Crippen LogP) is 6.85. The van der Waals surface area contributed by atoms with Crippen LogP contribution in [0.15, 0.2) is 48.5 Å². The van der Waals surface area contributed by atoms with E-state index in [2.05, 4.69) is 16.7 Å². The summed E-state index contributed by atoms with van der Waals surface area (Å²) < 4.78 is 77.7. The molecule has 2 aromatic rings. The van der Waals surface area contributed by atoms with Crippen LogP contribution < -0.4 is 0 Å². The molecule has 0 N–H and O–H groups in total. The molecule has 3 heterocycles. The van der Waals surface area contributed by atoms with E-state index in [-0.39, 0.29) is 0 Å². The maximum absolute atomic E-state index is 12.9. The molecular formula is C26H30F6N2. The zero-order valence-electron chi connectivity index (χ0n) is 19.2. The maximum Gasteiger partial charge on any atom is 0.416 e. The lowest BCUT2D eigenvalue weighted by molar-refractivity contribution is -0.138. The van der Waals surface area contributed by atoms with Gasteiger partial charge in [-0.15, -0.1) is 0 Å². The van der Waals surface area contributed by atoms with Gasteiger partial charge in [0.05, 0.1) is 11.1 Å². The van der Waals surface area contributed by atoms with E-state index in [0.29, 0.717) is 31.0 Å². The summed E-state index contributed by atoms with van der Waals surface area (Å²) in [7, 11) is 0. The minimum Gasteiger partial charge on any atom is -0.299 e. The second kappa shape index (κ2) is 9.90. The second-order valence-corrected chi connectivity index (χ2v) is 9.66. The third kappa shape index (κ3) is 5.95. The minimum absolute atomic E-state index is 0.352. The van der Waals surface area contributed by atoms with E-state index in [4.69, 9.17) is 0 Å². The highest BCUT2D eigenvalue weighted by atomic mass is 19.4. The van der Waals surface area contributed by atoms with Gasteiger partial charge in [0, 0.05) is 32.2 Å². The van der Waals surface area contributed by atoms with E-state index in [9.17, 15) is 26.3 Å². The van der Waals surface area contributed by atoms with Gasteiger partial charge in [-0.05, 0) is 66.6 Å². The molecule has 1 unspecified atom stereocenters. The van der Waals surface area contributed by atoms with Crippen LogP contribution in [0.3, 0.4) is 0 Å². The van der Waals surface area contributed by atoms with Crippen LogP contribution in [-0.4, -0.2) is 35.5 Å². The maximum atomic E-state index is 12.9.